The predicted molar refractivity (Wildman–Crippen MR) is 94.9 cm³/mol. The number of hydrogen-bond donors (Lipinski definition) is 1. The van der Waals surface area contributed by atoms with Crippen LogP contribution in [0.2, 0.25) is 0 Å². The number of aryl methyl sites for hydroxylation is 1. The maximum Gasteiger partial charge on any atom is 0.387 e. The molecular formula is C17H16F2N4O7. The Balaban J connectivity index is 1.85. The molecule has 0 spiro atoms. The van der Waals surface area contributed by atoms with Crippen LogP contribution in [0, 0.1) is 24.0 Å². The van der Waals surface area contributed by atoms with Crippen LogP contribution in [-0.2, 0) is 20.9 Å². The minimum absolute atomic E-state index is 0.00811. The molecular weight excluding hydrogens is 410 g/mol. The molecule has 0 fully saturated rings. The van der Waals surface area contributed by atoms with Crippen molar-refractivity contribution in [1.29, 1.82) is 0 Å². The third-order valence-electron chi connectivity index (χ3n) is 3.76. The van der Waals surface area contributed by atoms with Crippen LogP contribution < -0.4 is 10.1 Å². The van der Waals surface area contributed by atoms with Crippen molar-refractivity contribution in [3.05, 3.63) is 51.3 Å². The fraction of sp³-hybridized carbons (Fsp3) is 0.294. The molecule has 11 nitrogen and oxygen atoms in total. The lowest BCUT2D eigenvalue weighted by Gasteiger charge is -2.08. The summed E-state index contributed by atoms with van der Waals surface area (Å²) >= 11 is 0. The number of nitrogens with one attached hydrogen (secondary N) is 1. The molecule has 2 rings (SSSR count). The first-order chi connectivity index (χ1) is 14.1. The molecule has 1 N–H and O–H groups in total. The molecule has 0 saturated carbocycles. The zero-order valence-electron chi connectivity index (χ0n) is 15.8. The molecule has 30 heavy (non-hydrogen) atoms. The molecule has 13 heteroatoms. The lowest BCUT2D eigenvalue weighted by atomic mass is 10.2. The Morgan fingerprint density at radius 2 is 1.87 bits per heavy atom. The number of amides is 2. The summed E-state index contributed by atoms with van der Waals surface area (Å²) in [5, 5.41) is 16.8. The summed E-state index contributed by atoms with van der Waals surface area (Å²) in [4.78, 5) is 45.9. The van der Waals surface area contributed by atoms with Crippen LogP contribution in [0.5, 0.6) is 5.75 Å². The van der Waals surface area contributed by atoms with Crippen molar-refractivity contribution in [2.24, 2.45) is 0 Å². The number of hydrogen-bond acceptors (Lipinski definition) is 8. The van der Waals surface area contributed by atoms with Gasteiger partial charge in [0.2, 0.25) is 0 Å². The first-order valence-corrected chi connectivity index (χ1v) is 8.31. The Labute approximate surface area is 167 Å². The van der Waals surface area contributed by atoms with Gasteiger partial charge in [-0.1, -0.05) is 0 Å². The van der Waals surface area contributed by atoms with Crippen LogP contribution in [0.4, 0.5) is 14.5 Å². The lowest BCUT2D eigenvalue weighted by molar-refractivity contribution is -0.386. The molecule has 0 bridgehead atoms. The fourth-order valence-electron chi connectivity index (χ4n) is 2.44. The minimum atomic E-state index is -3.01. The van der Waals surface area contributed by atoms with E-state index >= 15 is 0 Å². The number of imide groups is 1. The fourth-order valence-corrected chi connectivity index (χ4v) is 2.44. The molecule has 0 atom stereocenters. The van der Waals surface area contributed by atoms with Gasteiger partial charge in [-0.05, 0) is 38.1 Å². The number of carbonyl (C=O) groups is 3. The highest BCUT2D eigenvalue weighted by Crippen LogP contribution is 2.21. The maximum atomic E-state index is 12.1. The molecule has 1 aromatic carbocycles. The van der Waals surface area contributed by atoms with Gasteiger partial charge >= 0.3 is 18.3 Å². The largest absolute Gasteiger partial charge is 0.454 e. The number of nitro groups is 1. The number of benzene rings is 1. The second kappa shape index (κ2) is 9.54. The molecule has 0 aliphatic carbocycles. The highest BCUT2D eigenvalue weighted by molar-refractivity contribution is 6.05. The SMILES string of the molecule is Cc1nn(CC(=O)OCC(=O)NC(=O)c2ccc(OC(F)F)cc2)c(C)c1[N+](=O)[O-]. The number of rotatable bonds is 8. The summed E-state index contributed by atoms with van der Waals surface area (Å²) in [6.45, 7) is -1.43. The zero-order valence-corrected chi connectivity index (χ0v) is 15.8. The van der Waals surface area contributed by atoms with Crippen molar-refractivity contribution in [1.82, 2.24) is 15.1 Å². The van der Waals surface area contributed by atoms with Crippen LogP contribution in [0.1, 0.15) is 21.7 Å². The first kappa shape index (κ1) is 22.4. The summed E-state index contributed by atoms with van der Waals surface area (Å²) in [5.74, 6) is -2.83. The van der Waals surface area contributed by atoms with Crippen LogP contribution in [0.3, 0.4) is 0 Å². The molecule has 1 aromatic heterocycles. The first-order valence-electron chi connectivity index (χ1n) is 8.31. The summed E-state index contributed by atoms with van der Waals surface area (Å²) in [5.41, 5.74) is 0.0364. The maximum absolute atomic E-state index is 12.1. The van der Waals surface area contributed by atoms with E-state index in [0.29, 0.717) is 0 Å². The molecule has 2 amide bonds. The van der Waals surface area contributed by atoms with Crippen molar-refractivity contribution in [3.63, 3.8) is 0 Å². The quantitative estimate of drug-likeness (QED) is 0.380. The Bertz CT molecular complexity index is 973. The van der Waals surface area contributed by atoms with Crippen LogP contribution in [0.25, 0.3) is 0 Å². The average molecular weight is 426 g/mol. The van der Waals surface area contributed by atoms with E-state index in [-0.39, 0.29) is 28.4 Å². The highest BCUT2D eigenvalue weighted by Gasteiger charge is 2.23. The van der Waals surface area contributed by atoms with Crippen molar-refractivity contribution >= 4 is 23.5 Å². The lowest BCUT2D eigenvalue weighted by Crippen LogP contribution is -2.34. The number of aromatic nitrogens is 2. The summed E-state index contributed by atoms with van der Waals surface area (Å²) in [6, 6.07) is 4.59. The molecule has 160 valence electrons. The van der Waals surface area contributed by atoms with E-state index in [1.807, 2.05) is 5.32 Å². The smallest absolute Gasteiger partial charge is 0.387 e. The van der Waals surface area contributed by atoms with Crippen LogP contribution in [-0.4, -0.2) is 45.7 Å². The van der Waals surface area contributed by atoms with Gasteiger partial charge in [0.15, 0.2) is 6.61 Å². The number of alkyl halides is 2. The number of halogens is 2. The van der Waals surface area contributed by atoms with Crippen molar-refractivity contribution in [3.8, 4) is 5.75 Å². The Hall–Kier alpha value is -3.90. The second-order valence-electron chi connectivity index (χ2n) is 5.88. The van der Waals surface area contributed by atoms with E-state index in [1.165, 1.54) is 26.0 Å². The van der Waals surface area contributed by atoms with Crippen molar-refractivity contribution in [2.75, 3.05) is 6.61 Å². The van der Waals surface area contributed by atoms with Crippen molar-refractivity contribution in [2.45, 2.75) is 27.0 Å². The number of carbonyl (C=O) groups excluding carboxylic acids is 3. The summed E-state index contributed by atoms with van der Waals surface area (Å²) < 4.78 is 34.1. The van der Waals surface area contributed by atoms with Gasteiger partial charge in [-0.3, -0.25) is 34.5 Å². The molecule has 1 heterocycles. The van der Waals surface area contributed by atoms with Crippen molar-refractivity contribution < 1.29 is 37.6 Å². The minimum Gasteiger partial charge on any atom is -0.454 e. The van der Waals surface area contributed by atoms with E-state index in [9.17, 15) is 33.3 Å². The number of ether oxygens (including phenoxy) is 2. The Morgan fingerprint density at radius 1 is 1.23 bits per heavy atom. The van der Waals surface area contributed by atoms with Crippen LogP contribution in [0.15, 0.2) is 24.3 Å². The average Bonchev–Trinajstić information content (AvgIpc) is 2.93. The molecule has 0 unspecified atom stereocenters. The number of esters is 1. The summed E-state index contributed by atoms with van der Waals surface area (Å²) in [7, 11) is 0. The third kappa shape index (κ3) is 5.80. The molecule has 0 radical (unpaired) electrons. The number of nitrogens with zero attached hydrogens (tertiary/aromatic N) is 3. The van der Waals surface area contributed by atoms with Gasteiger partial charge < -0.3 is 9.47 Å². The van der Waals surface area contributed by atoms with E-state index in [0.717, 1.165) is 16.8 Å². The van der Waals surface area contributed by atoms with Gasteiger partial charge in [0.25, 0.3) is 11.8 Å². The molecule has 2 aromatic rings. The van der Waals surface area contributed by atoms with Gasteiger partial charge in [0.1, 0.15) is 23.7 Å². The predicted octanol–water partition coefficient (Wildman–Crippen LogP) is 1.51. The summed E-state index contributed by atoms with van der Waals surface area (Å²) in [6.07, 6.45) is 0. The van der Waals surface area contributed by atoms with Gasteiger partial charge in [0, 0.05) is 5.56 Å². The van der Waals surface area contributed by atoms with Gasteiger partial charge in [-0.2, -0.15) is 13.9 Å². The monoisotopic (exact) mass is 426 g/mol. The van der Waals surface area contributed by atoms with E-state index in [1.54, 1.807) is 0 Å². The molecule has 0 saturated heterocycles. The standard InChI is InChI=1S/C17H16F2N4O7/c1-9-15(23(27)28)10(2)22(21-9)7-14(25)29-8-13(24)20-16(26)11-3-5-12(6-4-11)30-17(18)19/h3-6,17H,7-8H2,1-2H3,(H,20,24,26). The van der Waals surface area contributed by atoms with Gasteiger partial charge in [-0.25, -0.2) is 0 Å². The highest BCUT2D eigenvalue weighted by atomic mass is 19.3. The van der Waals surface area contributed by atoms with E-state index in [4.69, 9.17) is 4.74 Å². The Kier molecular flexibility index (Phi) is 7.12. The molecule has 0 aliphatic heterocycles. The van der Waals surface area contributed by atoms with E-state index < -0.39 is 42.5 Å². The second-order valence-corrected chi connectivity index (χ2v) is 5.88. The Morgan fingerprint density at radius 3 is 2.40 bits per heavy atom. The van der Waals surface area contributed by atoms with Gasteiger partial charge in [0.05, 0.1) is 4.92 Å². The van der Waals surface area contributed by atoms with Crippen LogP contribution >= 0.6 is 0 Å². The zero-order chi connectivity index (χ0) is 22.4. The van der Waals surface area contributed by atoms with Gasteiger partial charge in [-0.15, -0.1) is 0 Å². The normalized spacial score (nSPS) is 10.6. The third-order valence-corrected chi connectivity index (χ3v) is 3.76. The van der Waals surface area contributed by atoms with E-state index in [2.05, 4.69) is 9.84 Å². The topological polar surface area (TPSA) is 143 Å². The molecule has 0 aliphatic rings.